The zero-order valence-corrected chi connectivity index (χ0v) is 11.0. The standard InChI is InChI=1S/C12H14N2O3S/c1-14(2)8-12(15)13-10-4-3-5-11-9(10)6-7-18(11,16)17/h3-7H,8H2,1-2H3,(H,13,15). The number of benzene rings is 1. The van der Waals surface area contributed by atoms with Gasteiger partial charge in [-0.1, -0.05) is 6.07 Å². The first-order chi connectivity index (χ1) is 8.40. The molecule has 1 amide bonds. The molecule has 0 fully saturated rings. The smallest absolute Gasteiger partial charge is 0.238 e. The molecule has 2 rings (SSSR count). The third-order valence-corrected chi connectivity index (χ3v) is 3.98. The van der Waals surface area contributed by atoms with Gasteiger partial charge < -0.3 is 10.2 Å². The normalized spacial score (nSPS) is 15.7. The van der Waals surface area contributed by atoms with Crippen LogP contribution in [0.15, 0.2) is 28.5 Å². The molecule has 18 heavy (non-hydrogen) atoms. The number of nitrogens with zero attached hydrogens (tertiary/aromatic N) is 1. The number of rotatable bonds is 3. The Bertz CT molecular complexity index is 618. The minimum atomic E-state index is -3.33. The maximum Gasteiger partial charge on any atom is 0.238 e. The molecule has 0 unspecified atom stereocenters. The van der Waals surface area contributed by atoms with Gasteiger partial charge in [0, 0.05) is 16.7 Å². The van der Waals surface area contributed by atoms with Gasteiger partial charge >= 0.3 is 0 Å². The Balaban J connectivity index is 2.30. The van der Waals surface area contributed by atoms with Crippen molar-refractivity contribution in [3.05, 3.63) is 29.2 Å². The molecule has 1 heterocycles. The lowest BCUT2D eigenvalue weighted by molar-refractivity contribution is -0.116. The van der Waals surface area contributed by atoms with E-state index >= 15 is 0 Å². The van der Waals surface area contributed by atoms with Crippen LogP contribution in [-0.4, -0.2) is 39.9 Å². The van der Waals surface area contributed by atoms with E-state index in [4.69, 9.17) is 0 Å². The Hall–Kier alpha value is -1.66. The van der Waals surface area contributed by atoms with Crippen LogP contribution >= 0.6 is 0 Å². The number of carbonyl (C=O) groups excluding carboxylic acids is 1. The van der Waals surface area contributed by atoms with Crippen molar-refractivity contribution in [1.29, 1.82) is 0 Å². The molecule has 1 aliphatic rings. The Labute approximate surface area is 106 Å². The van der Waals surface area contributed by atoms with E-state index in [-0.39, 0.29) is 17.3 Å². The van der Waals surface area contributed by atoms with Crippen LogP contribution in [-0.2, 0) is 14.6 Å². The van der Waals surface area contributed by atoms with Crippen molar-refractivity contribution >= 4 is 27.5 Å². The molecule has 0 atom stereocenters. The summed E-state index contributed by atoms with van der Waals surface area (Å²) in [6.07, 6.45) is 1.51. The van der Waals surface area contributed by atoms with E-state index < -0.39 is 9.84 Å². The van der Waals surface area contributed by atoms with Crippen molar-refractivity contribution in [2.45, 2.75) is 4.90 Å². The summed E-state index contributed by atoms with van der Waals surface area (Å²) in [6, 6.07) is 4.85. The van der Waals surface area contributed by atoms with Crippen molar-refractivity contribution in [2.75, 3.05) is 26.0 Å². The number of anilines is 1. The average molecular weight is 266 g/mol. The third kappa shape index (κ3) is 2.44. The summed E-state index contributed by atoms with van der Waals surface area (Å²) < 4.78 is 23.3. The zero-order valence-electron chi connectivity index (χ0n) is 10.2. The van der Waals surface area contributed by atoms with Gasteiger partial charge in [0.25, 0.3) is 0 Å². The molecule has 0 aliphatic carbocycles. The molecule has 6 heteroatoms. The number of hydrogen-bond donors (Lipinski definition) is 1. The quantitative estimate of drug-likeness (QED) is 0.884. The largest absolute Gasteiger partial charge is 0.324 e. The van der Waals surface area contributed by atoms with Gasteiger partial charge in [0.2, 0.25) is 15.7 Å². The van der Waals surface area contributed by atoms with Crippen LogP contribution in [0.5, 0.6) is 0 Å². The molecular formula is C12H14N2O3S. The number of amides is 1. The van der Waals surface area contributed by atoms with E-state index in [0.29, 0.717) is 11.3 Å². The average Bonchev–Trinajstić information content (AvgIpc) is 2.55. The molecule has 1 aliphatic heterocycles. The van der Waals surface area contributed by atoms with Gasteiger partial charge in [0.1, 0.15) is 0 Å². The fourth-order valence-electron chi connectivity index (χ4n) is 1.78. The zero-order chi connectivity index (χ0) is 13.3. The molecule has 0 spiro atoms. The maximum absolute atomic E-state index is 11.7. The summed E-state index contributed by atoms with van der Waals surface area (Å²) in [5, 5.41) is 3.87. The van der Waals surface area contributed by atoms with Gasteiger partial charge in [0.15, 0.2) is 0 Å². The Morgan fingerprint density at radius 3 is 2.72 bits per heavy atom. The summed E-state index contributed by atoms with van der Waals surface area (Å²) in [6.45, 7) is 0.250. The summed E-state index contributed by atoms with van der Waals surface area (Å²) in [5.74, 6) is -0.175. The van der Waals surface area contributed by atoms with Gasteiger partial charge in [-0.3, -0.25) is 4.79 Å². The second kappa shape index (κ2) is 4.55. The van der Waals surface area contributed by atoms with Gasteiger partial charge in [-0.2, -0.15) is 0 Å². The first kappa shape index (κ1) is 12.8. The maximum atomic E-state index is 11.7. The van der Waals surface area contributed by atoms with E-state index in [1.807, 2.05) is 0 Å². The van der Waals surface area contributed by atoms with E-state index in [0.717, 1.165) is 5.41 Å². The van der Waals surface area contributed by atoms with Crippen LogP contribution < -0.4 is 5.32 Å². The van der Waals surface area contributed by atoms with Crippen molar-refractivity contribution in [3.8, 4) is 0 Å². The fourth-order valence-corrected chi connectivity index (χ4v) is 3.00. The van der Waals surface area contributed by atoms with Crippen LogP contribution in [0.3, 0.4) is 0 Å². The van der Waals surface area contributed by atoms with E-state index in [1.165, 1.54) is 12.1 Å². The highest BCUT2D eigenvalue weighted by Gasteiger charge is 2.23. The number of nitrogens with one attached hydrogen (secondary N) is 1. The number of sulfone groups is 1. The Morgan fingerprint density at radius 2 is 2.06 bits per heavy atom. The monoisotopic (exact) mass is 266 g/mol. The molecule has 96 valence electrons. The predicted octanol–water partition coefficient (Wildman–Crippen LogP) is 0.945. The second-order valence-corrected chi connectivity index (χ2v) is 6.15. The van der Waals surface area contributed by atoms with E-state index in [1.54, 1.807) is 31.1 Å². The van der Waals surface area contributed by atoms with Crippen LogP contribution in [0.1, 0.15) is 5.56 Å². The number of carbonyl (C=O) groups is 1. The Kier molecular flexibility index (Phi) is 3.23. The van der Waals surface area contributed by atoms with Crippen molar-refractivity contribution in [2.24, 2.45) is 0 Å². The predicted molar refractivity (Wildman–Crippen MR) is 69.8 cm³/mol. The molecule has 5 nitrogen and oxygen atoms in total. The lowest BCUT2D eigenvalue weighted by Crippen LogP contribution is -2.27. The Morgan fingerprint density at radius 1 is 1.33 bits per heavy atom. The molecule has 0 radical (unpaired) electrons. The highest BCUT2D eigenvalue weighted by atomic mass is 32.2. The highest BCUT2D eigenvalue weighted by Crippen LogP contribution is 2.32. The van der Waals surface area contributed by atoms with Crippen molar-refractivity contribution in [1.82, 2.24) is 4.90 Å². The van der Waals surface area contributed by atoms with Crippen LogP contribution in [0.4, 0.5) is 5.69 Å². The molecule has 1 aromatic carbocycles. The fraction of sp³-hybridized carbons (Fsp3) is 0.250. The van der Waals surface area contributed by atoms with Gasteiger partial charge in [-0.15, -0.1) is 0 Å². The molecule has 1 aromatic rings. The van der Waals surface area contributed by atoms with Crippen LogP contribution in [0.2, 0.25) is 0 Å². The van der Waals surface area contributed by atoms with Gasteiger partial charge in [0.05, 0.1) is 11.4 Å². The van der Waals surface area contributed by atoms with Crippen molar-refractivity contribution < 1.29 is 13.2 Å². The van der Waals surface area contributed by atoms with Crippen molar-refractivity contribution in [3.63, 3.8) is 0 Å². The summed E-state index contributed by atoms with van der Waals surface area (Å²) >= 11 is 0. The molecule has 0 aromatic heterocycles. The molecular weight excluding hydrogens is 252 g/mol. The molecule has 1 N–H and O–H groups in total. The third-order valence-electron chi connectivity index (χ3n) is 2.52. The molecule has 0 saturated heterocycles. The first-order valence-electron chi connectivity index (χ1n) is 5.41. The summed E-state index contributed by atoms with van der Waals surface area (Å²) in [5.41, 5.74) is 1.07. The number of fused-ring (bicyclic) bond motifs is 1. The SMILES string of the molecule is CN(C)CC(=O)Nc1cccc2c1C=CS2(=O)=O. The lowest BCUT2D eigenvalue weighted by atomic mass is 10.2. The van der Waals surface area contributed by atoms with E-state index in [9.17, 15) is 13.2 Å². The minimum absolute atomic E-state index is 0.175. The minimum Gasteiger partial charge on any atom is -0.324 e. The molecule has 0 bridgehead atoms. The highest BCUT2D eigenvalue weighted by molar-refractivity contribution is 7.94. The number of hydrogen-bond acceptors (Lipinski definition) is 4. The summed E-state index contributed by atoms with van der Waals surface area (Å²) in [4.78, 5) is 13.6. The topological polar surface area (TPSA) is 66.5 Å². The van der Waals surface area contributed by atoms with Crippen LogP contribution in [0.25, 0.3) is 6.08 Å². The number of likely N-dealkylation sites (N-methyl/N-ethyl adjacent to an activating group) is 1. The van der Waals surface area contributed by atoms with Gasteiger partial charge in [-0.25, -0.2) is 8.42 Å². The van der Waals surface area contributed by atoms with Gasteiger partial charge in [-0.05, 0) is 32.3 Å². The lowest BCUT2D eigenvalue weighted by Gasteiger charge is -2.12. The second-order valence-electron chi connectivity index (χ2n) is 4.35. The van der Waals surface area contributed by atoms with E-state index in [2.05, 4.69) is 5.32 Å². The van der Waals surface area contributed by atoms with Crippen LogP contribution in [0, 0.1) is 0 Å². The molecule has 0 saturated carbocycles. The first-order valence-corrected chi connectivity index (χ1v) is 6.95. The summed E-state index contributed by atoms with van der Waals surface area (Å²) in [7, 11) is 0.253.